The molecule has 1 aromatic rings. The number of nitro benzene ring substituents is 2. The normalized spacial score (nSPS) is 14.5. The Labute approximate surface area is 125 Å². The van der Waals surface area contributed by atoms with Crippen LogP contribution in [0, 0.1) is 20.2 Å². The van der Waals surface area contributed by atoms with Crippen molar-refractivity contribution in [2.45, 2.75) is 0 Å². The van der Waals surface area contributed by atoms with E-state index in [4.69, 9.17) is 4.74 Å². The second-order valence-corrected chi connectivity index (χ2v) is 4.56. The summed E-state index contributed by atoms with van der Waals surface area (Å²) < 4.78 is 5.14. The van der Waals surface area contributed by atoms with E-state index in [0.29, 0.717) is 26.3 Å². The maximum Gasteiger partial charge on any atom is 0.291 e. The van der Waals surface area contributed by atoms with E-state index in [1.54, 1.807) is 0 Å². The summed E-state index contributed by atoms with van der Waals surface area (Å²) in [5.41, 5.74) is -1.16. The molecule has 0 unspecified atom stereocenters. The third-order valence-corrected chi connectivity index (χ3v) is 3.29. The van der Waals surface area contributed by atoms with E-state index in [1.807, 2.05) is 0 Å². The van der Waals surface area contributed by atoms with Crippen molar-refractivity contribution >= 4 is 23.0 Å². The fourth-order valence-corrected chi connectivity index (χ4v) is 2.21. The van der Waals surface area contributed by atoms with E-state index in [-0.39, 0.29) is 11.3 Å². The van der Waals surface area contributed by atoms with Crippen LogP contribution in [0.5, 0.6) is 0 Å². The van der Waals surface area contributed by atoms with Gasteiger partial charge in [0.15, 0.2) is 0 Å². The minimum Gasteiger partial charge on any atom is -0.387 e. The molecule has 118 valence electrons. The number of anilines is 1. The van der Waals surface area contributed by atoms with Crippen LogP contribution in [0.4, 0.5) is 17.1 Å². The predicted molar refractivity (Wildman–Crippen MR) is 76.0 cm³/mol. The summed E-state index contributed by atoms with van der Waals surface area (Å²) in [6, 6.07) is 1.91. The summed E-state index contributed by atoms with van der Waals surface area (Å²) in [5.74, 6) is -0.547. The molecule has 22 heavy (non-hydrogen) atoms. The summed E-state index contributed by atoms with van der Waals surface area (Å²) in [4.78, 5) is 34.5. The first-order chi connectivity index (χ1) is 10.5. The maximum atomic E-state index is 12.5. The molecule has 0 aromatic heterocycles. The number of nitrogens with one attached hydrogen (secondary N) is 1. The zero-order chi connectivity index (χ0) is 16.3. The molecular formula is C12H14N4O6. The van der Waals surface area contributed by atoms with Gasteiger partial charge in [-0.05, 0) is 0 Å². The van der Waals surface area contributed by atoms with Gasteiger partial charge >= 0.3 is 0 Å². The molecule has 10 nitrogen and oxygen atoms in total. The van der Waals surface area contributed by atoms with Gasteiger partial charge in [0.2, 0.25) is 0 Å². The molecule has 1 N–H and O–H groups in total. The molecule has 0 aliphatic carbocycles. The summed E-state index contributed by atoms with van der Waals surface area (Å²) in [5, 5.41) is 24.7. The third kappa shape index (κ3) is 2.96. The molecule has 1 heterocycles. The summed E-state index contributed by atoms with van der Waals surface area (Å²) in [6.45, 7) is 1.33. The van der Waals surface area contributed by atoms with Crippen LogP contribution in [0.25, 0.3) is 0 Å². The lowest BCUT2D eigenvalue weighted by atomic mass is 10.1. The van der Waals surface area contributed by atoms with Crippen molar-refractivity contribution in [1.82, 2.24) is 4.90 Å². The average molecular weight is 310 g/mol. The topological polar surface area (TPSA) is 128 Å². The number of non-ortho nitro benzene ring substituents is 1. The standard InChI is InChI=1S/C12H14N4O6/c1-13-9-6-8(15(18)19)7-10(16(20)21)11(9)12(17)14-2-4-22-5-3-14/h6-7,13H,2-5H2,1H3. The first-order valence-electron chi connectivity index (χ1n) is 6.47. The van der Waals surface area contributed by atoms with E-state index in [9.17, 15) is 25.0 Å². The van der Waals surface area contributed by atoms with E-state index in [1.165, 1.54) is 11.9 Å². The summed E-state index contributed by atoms with van der Waals surface area (Å²) in [7, 11) is 1.44. The SMILES string of the molecule is CNc1cc([N+](=O)[O-])cc([N+](=O)[O-])c1C(=O)N1CCOCC1. The minimum atomic E-state index is -0.790. The molecular weight excluding hydrogens is 296 g/mol. The van der Waals surface area contributed by atoms with E-state index < -0.39 is 27.1 Å². The number of carbonyl (C=O) groups is 1. The number of benzene rings is 1. The Morgan fingerprint density at radius 1 is 1.23 bits per heavy atom. The highest BCUT2D eigenvalue weighted by molar-refractivity contribution is 6.04. The fraction of sp³-hybridized carbons (Fsp3) is 0.417. The van der Waals surface area contributed by atoms with Crippen LogP contribution in [0.1, 0.15) is 10.4 Å². The monoisotopic (exact) mass is 310 g/mol. The Kier molecular flexibility index (Phi) is 4.51. The van der Waals surface area contributed by atoms with Crippen LogP contribution >= 0.6 is 0 Å². The van der Waals surface area contributed by atoms with Crippen molar-refractivity contribution in [1.29, 1.82) is 0 Å². The number of nitrogens with zero attached hydrogens (tertiary/aromatic N) is 3. The van der Waals surface area contributed by atoms with Gasteiger partial charge in [-0.1, -0.05) is 0 Å². The lowest BCUT2D eigenvalue weighted by molar-refractivity contribution is -0.394. The molecule has 0 saturated carbocycles. The number of hydrogen-bond acceptors (Lipinski definition) is 7. The lowest BCUT2D eigenvalue weighted by Gasteiger charge is -2.27. The predicted octanol–water partition coefficient (Wildman–Crippen LogP) is 1.02. The molecule has 1 aliphatic heterocycles. The van der Waals surface area contributed by atoms with E-state index in [2.05, 4.69) is 5.32 Å². The largest absolute Gasteiger partial charge is 0.387 e. The Hall–Kier alpha value is -2.75. The van der Waals surface area contributed by atoms with Crippen molar-refractivity contribution in [3.05, 3.63) is 37.9 Å². The molecule has 1 aliphatic rings. The first-order valence-corrected chi connectivity index (χ1v) is 6.47. The first kappa shape index (κ1) is 15.6. The molecule has 0 bridgehead atoms. The average Bonchev–Trinajstić information content (AvgIpc) is 2.53. The molecule has 1 amide bonds. The molecule has 1 saturated heterocycles. The number of rotatable bonds is 4. The molecule has 0 radical (unpaired) electrons. The molecule has 1 fully saturated rings. The minimum absolute atomic E-state index is 0.0531. The number of carbonyl (C=O) groups excluding carboxylic acids is 1. The van der Waals surface area contributed by atoms with Crippen molar-refractivity contribution in [2.75, 3.05) is 38.7 Å². The van der Waals surface area contributed by atoms with Gasteiger partial charge < -0.3 is 15.0 Å². The quantitative estimate of drug-likeness (QED) is 0.649. The van der Waals surface area contributed by atoms with Crippen molar-refractivity contribution in [2.24, 2.45) is 0 Å². The number of morpholine rings is 1. The molecule has 0 spiro atoms. The number of hydrogen-bond donors (Lipinski definition) is 1. The number of ether oxygens (including phenoxy) is 1. The Morgan fingerprint density at radius 3 is 2.36 bits per heavy atom. The Morgan fingerprint density at radius 2 is 1.86 bits per heavy atom. The van der Waals surface area contributed by atoms with Crippen LogP contribution in [0.3, 0.4) is 0 Å². The molecule has 1 aromatic carbocycles. The van der Waals surface area contributed by atoms with Crippen molar-refractivity contribution in [3.63, 3.8) is 0 Å². The highest BCUT2D eigenvalue weighted by atomic mass is 16.6. The van der Waals surface area contributed by atoms with Gasteiger partial charge in [0.05, 0.1) is 34.8 Å². The molecule has 2 rings (SSSR count). The highest BCUT2D eigenvalue weighted by Gasteiger charge is 2.31. The van der Waals surface area contributed by atoms with E-state index in [0.717, 1.165) is 12.1 Å². The second kappa shape index (κ2) is 6.35. The molecule has 0 atom stereocenters. The lowest BCUT2D eigenvalue weighted by Crippen LogP contribution is -2.41. The maximum absolute atomic E-state index is 12.5. The van der Waals surface area contributed by atoms with Gasteiger partial charge in [-0.3, -0.25) is 25.0 Å². The smallest absolute Gasteiger partial charge is 0.291 e. The third-order valence-electron chi connectivity index (χ3n) is 3.29. The van der Waals surface area contributed by atoms with Crippen LogP contribution < -0.4 is 5.32 Å². The van der Waals surface area contributed by atoms with Gasteiger partial charge in [0.1, 0.15) is 5.56 Å². The van der Waals surface area contributed by atoms with Crippen molar-refractivity contribution < 1.29 is 19.4 Å². The van der Waals surface area contributed by atoms with Crippen molar-refractivity contribution in [3.8, 4) is 0 Å². The van der Waals surface area contributed by atoms with Gasteiger partial charge in [-0.15, -0.1) is 0 Å². The second-order valence-electron chi connectivity index (χ2n) is 4.56. The van der Waals surface area contributed by atoms with Crippen LogP contribution in [-0.4, -0.2) is 54.0 Å². The van der Waals surface area contributed by atoms with Crippen LogP contribution in [-0.2, 0) is 4.74 Å². The zero-order valence-electron chi connectivity index (χ0n) is 11.8. The highest BCUT2D eigenvalue weighted by Crippen LogP contribution is 2.33. The van der Waals surface area contributed by atoms with E-state index >= 15 is 0 Å². The fourth-order valence-electron chi connectivity index (χ4n) is 2.21. The van der Waals surface area contributed by atoms with Gasteiger partial charge in [0, 0.05) is 26.2 Å². The Bertz CT molecular complexity index is 626. The Balaban J connectivity index is 2.54. The zero-order valence-corrected chi connectivity index (χ0v) is 11.8. The molecule has 10 heteroatoms. The summed E-state index contributed by atoms with van der Waals surface area (Å²) in [6.07, 6.45) is 0. The number of amides is 1. The van der Waals surface area contributed by atoms with Crippen LogP contribution in [0.2, 0.25) is 0 Å². The van der Waals surface area contributed by atoms with Gasteiger partial charge in [-0.2, -0.15) is 0 Å². The number of nitro groups is 2. The van der Waals surface area contributed by atoms with Gasteiger partial charge in [0.25, 0.3) is 17.3 Å². The summed E-state index contributed by atoms with van der Waals surface area (Å²) >= 11 is 0. The van der Waals surface area contributed by atoms with Crippen LogP contribution in [0.15, 0.2) is 12.1 Å². The van der Waals surface area contributed by atoms with Gasteiger partial charge in [-0.25, -0.2) is 0 Å².